The Morgan fingerprint density at radius 2 is 1.92 bits per heavy atom. The maximum Gasteiger partial charge on any atom is 0.344 e. The quantitative estimate of drug-likeness (QED) is 0.414. The number of para-hydroxylation sites is 2. The number of nitrogens with zero attached hydrogens (tertiary/aromatic N) is 1. The zero-order chi connectivity index (χ0) is 19.1. The normalized spacial score (nSPS) is 10.1. The molecule has 0 radical (unpaired) electrons. The maximum atomic E-state index is 13.6. The molecule has 2 rings (SSSR count). The van der Waals surface area contributed by atoms with Gasteiger partial charge in [-0.1, -0.05) is 28.1 Å². The van der Waals surface area contributed by atoms with Gasteiger partial charge in [-0.15, -0.1) is 0 Å². The molecule has 26 heavy (non-hydrogen) atoms. The number of nitro groups is 1. The number of halogens is 2. The Balaban J connectivity index is 1.81. The number of hydrogen-bond acceptors (Lipinski definition) is 6. The van der Waals surface area contributed by atoms with Gasteiger partial charge in [0.1, 0.15) is 5.82 Å². The van der Waals surface area contributed by atoms with Crippen molar-refractivity contribution < 1.29 is 28.4 Å². The number of esters is 1. The molecule has 0 heterocycles. The standard InChI is InChI=1S/C16H12BrFN2O6/c17-10-5-6-12(11(18)7-10)19-15(21)8-26-16(22)9-25-14-4-2-1-3-13(14)20(23)24/h1-7H,8-9H2,(H,19,21). The van der Waals surface area contributed by atoms with E-state index < -0.39 is 35.8 Å². The number of amides is 1. The number of ether oxygens (including phenoxy) is 2. The Kier molecular flexibility index (Phi) is 6.61. The molecule has 2 aromatic carbocycles. The third-order valence-corrected chi connectivity index (χ3v) is 3.47. The van der Waals surface area contributed by atoms with Gasteiger partial charge in [-0.3, -0.25) is 14.9 Å². The molecule has 0 unspecified atom stereocenters. The van der Waals surface area contributed by atoms with Gasteiger partial charge in [0.15, 0.2) is 19.0 Å². The van der Waals surface area contributed by atoms with Crippen LogP contribution in [0.4, 0.5) is 15.8 Å². The lowest BCUT2D eigenvalue weighted by Gasteiger charge is -2.08. The lowest BCUT2D eigenvalue weighted by molar-refractivity contribution is -0.385. The first kappa shape index (κ1) is 19.3. The van der Waals surface area contributed by atoms with Crippen LogP contribution < -0.4 is 10.1 Å². The second-order valence-corrected chi connectivity index (χ2v) is 5.76. The molecule has 1 amide bonds. The van der Waals surface area contributed by atoms with E-state index in [1.807, 2.05) is 0 Å². The molecule has 0 aromatic heterocycles. The molecule has 2 aromatic rings. The average Bonchev–Trinajstić information content (AvgIpc) is 2.60. The Hall–Kier alpha value is -3.01. The van der Waals surface area contributed by atoms with Crippen LogP contribution in [0.3, 0.4) is 0 Å². The van der Waals surface area contributed by atoms with E-state index in [9.17, 15) is 24.1 Å². The molecule has 0 atom stereocenters. The summed E-state index contributed by atoms with van der Waals surface area (Å²) in [4.78, 5) is 33.4. The summed E-state index contributed by atoms with van der Waals surface area (Å²) in [7, 11) is 0. The Morgan fingerprint density at radius 1 is 1.19 bits per heavy atom. The molecular formula is C16H12BrFN2O6. The molecule has 0 fully saturated rings. The number of hydrogen-bond donors (Lipinski definition) is 1. The minimum Gasteiger partial charge on any atom is -0.475 e. The molecule has 0 spiro atoms. The van der Waals surface area contributed by atoms with E-state index in [0.29, 0.717) is 4.47 Å². The van der Waals surface area contributed by atoms with Gasteiger partial charge < -0.3 is 14.8 Å². The zero-order valence-corrected chi connectivity index (χ0v) is 14.7. The molecule has 0 aliphatic carbocycles. The predicted octanol–water partition coefficient (Wildman–Crippen LogP) is 3.06. The topological polar surface area (TPSA) is 108 Å². The van der Waals surface area contributed by atoms with Crippen LogP contribution in [0.1, 0.15) is 0 Å². The molecule has 0 aliphatic rings. The van der Waals surface area contributed by atoms with Crippen LogP contribution in [-0.2, 0) is 14.3 Å². The van der Waals surface area contributed by atoms with E-state index in [4.69, 9.17) is 4.74 Å². The highest BCUT2D eigenvalue weighted by atomic mass is 79.9. The molecule has 10 heteroatoms. The van der Waals surface area contributed by atoms with Gasteiger partial charge in [0.2, 0.25) is 0 Å². The van der Waals surface area contributed by atoms with Crippen molar-refractivity contribution >= 4 is 39.2 Å². The summed E-state index contributed by atoms with van der Waals surface area (Å²) >= 11 is 3.08. The van der Waals surface area contributed by atoms with Crippen LogP contribution in [0.5, 0.6) is 5.75 Å². The van der Waals surface area contributed by atoms with Gasteiger partial charge in [0.05, 0.1) is 10.6 Å². The Labute approximate surface area is 155 Å². The molecular weight excluding hydrogens is 415 g/mol. The fourth-order valence-corrected chi connectivity index (χ4v) is 2.16. The van der Waals surface area contributed by atoms with Gasteiger partial charge >= 0.3 is 11.7 Å². The molecule has 0 saturated carbocycles. The lowest BCUT2D eigenvalue weighted by Crippen LogP contribution is -2.24. The third-order valence-electron chi connectivity index (χ3n) is 2.98. The Morgan fingerprint density at radius 3 is 2.62 bits per heavy atom. The van der Waals surface area contributed by atoms with Gasteiger partial charge in [-0.05, 0) is 24.3 Å². The number of carbonyl (C=O) groups excluding carboxylic acids is 2. The molecule has 0 aliphatic heterocycles. The zero-order valence-electron chi connectivity index (χ0n) is 13.1. The van der Waals surface area contributed by atoms with E-state index in [0.717, 1.165) is 0 Å². The van der Waals surface area contributed by atoms with E-state index in [-0.39, 0.29) is 17.1 Å². The van der Waals surface area contributed by atoms with Crippen molar-refractivity contribution in [2.24, 2.45) is 0 Å². The summed E-state index contributed by atoms with van der Waals surface area (Å²) in [5.74, 6) is -2.41. The Bertz CT molecular complexity index is 845. The van der Waals surface area contributed by atoms with Crippen LogP contribution in [0.15, 0.2) is 46.9 Å². The molecule has 8 nitrogen and oxygen atoms in total. The number of nitrogens with one attached hydrogen (secondary N) is 1. The van der Waals surface area contributed by atoms with E-state index >= 15 is 0 Å². The first-order chi connectivity index (χ1) is 12.4. The van der Waals surface area contributed by atoms with Crippen molar-refractivity contribution in [3.8, 4) is 5.75 Å². The molecule has 1 N–H and O–H groups in total. The summed E-state index contributed by atoms with van der Waals surface area (Å²) in [5.41, 5.74) is -0.367. The number of anilines is 1. The largest absolute Gasteiger partial charge is 0.475 e. The minimum absolute atomic E-state index is 0.0644. The van der Waals surface area contributed by atoms with E-state index in [1.54, 1.807) is 0 Å². The van der Waals surface area contributed by atoms with Crippen molar-refractivity contribution in [1.29, 1.82) is 0 Å². The number of carbonyl (C=O) groups is 2. The van der Waals surface area contributed by atoms with Crippen LogP contribution in [-0.4, -0.2) is 30.0 Å². The van der Waals surface area contributed by atoms with Gasteiger partial charge in [0.25, 0.3) is 5.91 Å². The number of rotatable bonds is 7. The minimum atomic E-state index is -0.908. The smallest absolute Gasteiger partial charge is 0.344 e. The third kappa shape index (κ3) is 5.52. The van der Waals surface area contributed by atoms with Gasteiger partial charge in [-0.25, -0.2) is 9.18 Å². The van der Waals surface area contributed by atoms with Crippen LogP contribution in [0.25, 0.3) is 0 Å². The lowest BCUT2D eigenvalue weighted by atomic mass is 10.3. The molecule has 0 saturated heterocycles. The van der Waals surface area contributed by atoms with Crippen LogP contribution >= 0.6 is 15.9 Å². The average molecular weight is 427 g/mol. The molecule has 0 bridgehead atoms. The van der Waals surface area contributed by atoms with E-state index in [2.05, 4.69) is 26.0 Å². The van der Waals surface area contributed by atoms with Crippen LogP contribution in [0, 0.1) is 15.9 Å². The van der Waals surface area contributed by atoms with Crippen molar-refractivity contribution in [3.05, 3.63) is 62.9 Å². The fraction of sp³-hybridized carbons (Fsp3) is 0.125. The summed E-state index contributed by atoms with van der Waals surface area (Å²) < 4.78 is 23.8. The second kappa shape index (κ2) is 8.90. The first-order valence-electron chi connectivity index (χ1n) is 7.13. The number of nitro benzene ring substituents is 1. The highest BCUT2D eigenvalue weighted by Crippen LogP contribution is 2.25. The van der Waals surface area contributed by atoms with Gasteiger partial charge in [-0.2, -0.15) is 0 Å². The maximum absolute atomic E-state index is 13.6. The van der Waals surface area contributed by atoms with Crippen molar-refractivity contribution in [1.82, 2.24) is 0 Å². The fourth-order valence-electron chi connectivity index (χ4n) is 1.83. The number of benzene rings is 2. The van der Waals surface area contributed by atoms with Crippen molar-refractivity contribution in [3.63, 3.8) is 0 Å². The van der Waals surface area contributed by atoms with Crippen LogP contribution in [0.2, 0.25) is 0 Å². The highest BCUT2D eigenvalue weighted by molar-refractivity contribution is 9.10. The summed E-state index contributed by atoms with van der Waals surface area (Å²) in [6, 6.07) is 9.56. The molecule has 136 valence electrons. The summed E-state index contributed by atoms with van der Waals surface area (Å²) in [6.45, 7) is -1.28. The van der Waals surface area contributed by atoms with Gasteiger partial charge in [0, 0.05) is 10.5 Å². The van der Waals surface area contributed by atoms with Crippen molar-refractivity contribution in [2.45, 2.75) is 0 Å². The van der Waals surface area contributed by atoms with E-state index in [1.165, 1.54) is 42.5 Å². The summed E-state index contributed by atoms with van der Waals surface area (Å²) in [6.07, 6.45) is 0. The monoisotopic (exact) mass is 426 g/mol. The predicted molar refractivity (Wildman–Crippen MR) is 92.3 cm³/mol. The second-order valence-electron chi connectivity index (χ2n) is 4.85. The SMILES string of the molecule is O=C(COC(=O)COc1ccccc1[N+](=O)[O-])Nc1ccc(Br)cc1F. The highest BCUT2D eigenvalue weighted by Gasteiger charge is 2.16. The summed E-state index contributed by atoms with van der Waals surface area (Å²) in [5, 5.41) is 13.1. The first-order valence-corrected chi connectivity index (χ1v) is 7.93. The van der Waals surface area contributed by atoms with Crippen molar-refractivity contribution in [2.75, 3.05) is 18.5 Å².